The molecule has 0 radical (unpaired) electrons. The van der Waals surface area contributed by atoms with Crippen LogP contribution in [0, 0.1) is 0 Å². The summed E-state index contributed by atoms with van der Waals surface area (Å²) in [6.45, 7) is 0.859. The maximum absolute atomic E-state index is 11.7. The fraction of sp³-hybridized carbons (Fsp3) is 0.706. The van der Waals surface area contributed by atoms with E-state index in [0.717, 1.165) is 4.90 Å². The molecule has 0 aliphatic rings. The van der Waals surface area contributed by atoms with Gasteiger partial charge in [0.2, 0.25) is 0 Å². The summed E-state index contributed by atoms with van der Waals surface area (Å²) in [4.78, 5) is 59.5. The molecule has 13 heteroatoms. The number of hydrogen-bond acceptors (Lipinski definition) is 8. The first-order valence-electron chi connectivity index (χ1n) is 9.24. The van der Waals surface area contributed by atoms with Crippen LogP contribution in [0.1, 0.15) is 19.8 Å². The fourth-order valence-corrected chi connectivity index (χ4v) is 2.82. The van der Waals surface area contributed by atoms with Crippen molar-refractivity contribution in [2.75, 3.05) is 52.4 Å². The number of carbonyl (C=O) groups is 5. The first-order chi connectivity index (χ1) is 14.0. The van der Waals surface area contributed by atoms with E-state index >= 15 is 0 Å². The smallest absolute Gasteiger partial charge is 0.320 e. The lowest BCUT2D eigenvalue weighted by Crippen LogP contribution is -2.49. The third-order valence-electron chi connectivity index (χ3n) is 4.29. The van der Waals surface area contributed by atoms with Gasteiger partial charge in [0.15, 0.2) is 0 Å². The number of carboxylic acids is 5. The highest BCUT2D eigenvalue weighted by Crippen LogP contribution is 2.09. The van der Waals surface area contributed by atoms with Crippen LogP contribution in [0.5, 0.6) is 0 Å². The van der Waals surface area contributed by atoms with Crippen molar-refractivity contribution in [2.45, 2.75) is 25.8 Å². The normalized spacial score (nSPS) is 12.3. The van der Waals surface area contributed by atoms with Crippen molar-refractivity contribution in [3.63, 3.8) is 0 Å². The number of rotatable bonds is 18. The molecule has 0 aliphatic carbocycles. The predicted molar refractivity (Wildman–Crippen MR) is 101 cm³/mol. The largest absolute Gasteiger partial charge is 0.481 e. The summed E-state index contributed by atoms with van der Waals surface area (Å²) in [7, 11) is 0. The van der Waals surface area contributed by atoms with Gasteiger partial charge in [-0.25, -0.2) is 0 Å². The zero-order valence-electron chi connectivity index (χ0n) is 16.8. The highest BCUT2D eigenvalue weighted by molar-refractivity contribution is 5.75. The minimum Gasteiger partial charge on any atom is -0.481 e. The second kappa shape index (κ2) is 14.3. The Morgan fingerprint density at radius 3 is 1.47 bits per heavy atom. The van der Waals surface area contributed by atoms with Gasteiger partial charge in [-0.3, -0.25) is 38.7 Å². The van der Waals surface area contributed by atoms with Gasteiger partial charge < -0.3 is 25.5 Å². The molecule has 0 heterocycles. The number of aliphatic carboxylic acids is 5. The van der Waals surface area contributed by atoms with E-state index in [0.29, 0.717) is 6.54 Å². The van der Waals surface area contributed by atoms with Crippen molar-refractivity contribution >= 4 is 29.8 Å². The molecule has 0 aromatic carbocycles. The van der Waals surface area contributed by atoms with Crippen LogP contribution in [0.25, 0.3) is 0 Å². The average Bonchev–Trinajstić information content (AvgIpc) is 2.59. The van der Waals surface area contributed by atoms with Crippen molar-refractivity contribution < 1.29 is 49.5 Å². The lowest BCUT2D eigenvalue weighted by molar-refractivity contribution is -0.147. The highest BCUT2D eigenvalue weighted by Gasteiger charge is 2.27. The molecule has 0 rings (SSSR count). The molecule has 0 fully saturated rings. The van der Waals surface area contributed by atoms with Crippen molar-refractivity contribution in [3.05, 3.63) is 0 Å². The van der Waals surface area contributed by atoms with Crippen LogP contribution in [0.2, 0.25) is 0 Å². The lowest BCUT2D eigenvalue weighted by atomic mass is 10.1. The quantitative estimate of drug-likeness (QED) is 0.167. The van der Waals surface area contributed by atoms with Gasteiger partial charge in [-0.15, -0.1) is 0 Å². The van der Waals surface area contributed by atoms with Gasteiger partial charge in [-0.2, -0.15) is 0 Å². The van der Waals surface area contributed by atoms with Crippen molar-refractivity contribution in [2.24, 2.45) is 0 Å². The maximum atomic E-state index is 11.7. The summed E-state index contributed by atoms with van der Waals surface area (Å²) in [5.74, 6) is -6.01. The summed E-state index contributed by atoms with van der Waals surface area (Å²) in [6, 6.07) is -1.21. The second-order valence-corrected chi connectivity index (χ2v) is 6.58. The van der Waals surface area contributed by atoms with E-state index in [9.17, 15) is 29.1 Å². The van der Waals surface area contributed by atoms with Crippen molar-refractivity contribution in [3.8, 4) is 0 Å². The van der Waals surface area contributed by atoms with Gasteiger partial charge >= 0.3 is 29.8 Å². The Kier molecular flexibility index (Phi) is 12.9. The SMILES string of the molecule is CCN(CCN(CCN(CC(=O)O)CC(=O)O)C(CCC(=O)O)C(=O)O)CC(=O)O. The highest BCUT2D eigenvalue weighted by atomic mass is 16.4. The number of likely N-dealkylation sites (N-methyl/N-ethyl adjacent to an activating group) is 1. The first-order valence-corrected chi connectivity index (χ1v) is 9.24. The molecule has 30 heavy (non-hydrogen) atoms. The van der Waals surface area contributed by atoms with Crippen LogP contribution in [0.4, 0.5) is 0 Å². The molecule has 5 N–H and O–H groups in total. The van der Waals surface area contributed by atoms with Gasteiger partial charge in [0.05, 0.1) is 19.6 Å². The minimum atomic E-state index is -1.28. The second-order valence-electron chi connectivity index (χ2n) is 6.58. The number of hydrogen-bond donors (Lipinski definition) is 5. The first kappa shape index (κ1) is 27.2. The van der Waals surface area contributed by atoms with Gasteiger partial charge in [0.1, 0.15) is 6.04 Å². The monoisotopic (exact) mass is 435 g/mol. The molecule has 1 unspecified atom stereocenters. The molecule has 13 nitrogen and oxygen atoms in total. The zero-order chi connectivity index (χ0) is 23.3. The molecule has 172 valence electrons. The Labute approximate surface area is 173 Å². The van der Waals surface area contributed by atoms with Crippen molar-refractivity contribution in [1.29, 1.82) is 0 Å². The van der Waals surface area contributed by atoms with Gasteiger partial charge in [0.25, 0.3) is 0 Å². The van der Waals surface area contributed by atoms with Gasteiger partial charge in [0, 0.05) is 32.6 Å². The minimum absolute atomic E-state index is 0.0399. The van der Waals surface area contributed by atoms with Crippen molar-refractivity contribution in [1.82, 2.24) is 14.7 Å². The predicted octanol–water partition coefficient (Wildman–Crippen LogP) is -1.52. The number of carboxylic acid groups (broad SMARTS) is 5. The molecule has 0 bridgehead atoms. The van der Waals surface area contributed by atoms with Crippen LogP contribution < -0.4 is 0 Å². The lowest BCUT2D eigenvalue weighted by Gasteiger charge is -2.32. The van der Waals surface area contributed by atoms with Crippen LogP contribution in [0.15, 0.2) is 0 Å². The van der Waals surface area contributed by atoms with E-state index in [-0.39, 0.29) is 39.1 Å². The summed E-state index contributed by atoms with van der Waals surface area (Å²) >= 11 is 0. The Balaban J connectivity index is 5.36. The Morgan fingerprint density at radius 1 is 0.667 bits per heavy atom. The summed E-state index contributed by atoms with van der Waals surface area (Å²) in [5, 5.41) is 45.2. The fourth-order valence-electron chi connectivity index (χ4n) is 2.82. The Hall–Kier alpha value is -2.77. The maximum Gasteiger partial charge on any atom is 0.320 e. The Morgan fingerprint density at radius 2 is 1.10 bits per heavy atom. The number of nitrogens with zero attached hydrogens (tertiary/aromatic N) is 3. The van der Waals surface area contributed by atoms with E-state index < -0.39 is 55.4 Å². The molecule has 0 saturated heterocycles. The standard InChI is InChI=1S/C17H29N3O10/c1-2-18(9-14(23)24)5-7-20(12(17(29)30)3-4-13(21)22)8-6-19(10-15(25)26)11-16(27)28/h12H,2-11H2,1H3,(H,21,22)(H,23,24)(H,25,26)(H,27,28)(H,29,30). The van der Waals surface area contributed by atoms with Gasteiger partial charge in [-0.05, 0) is 13.0 Å². The average molecular weight is 435 g/mol. The van der Waals surface area contributed by atoms with Crippen LogP contribution in [-0.2, 0) is 24.0 Å². The molecular formula is C17H29N3O10. The summed E-state index contributed by atoms with van der Waals surface area (Å²) in [6.07, 6.45) is -0.623. The summed E-state index contributed by atoms with van der Waals surface area (Å²) < 4.78 is 0. The summed E-state index contributed by atoms with van der Waals surface area (Å²) in [5.41, 5.74) is 0. The molecule has 0 amide bonds. The van der Waals surface area contributed by atoms with E-state index in [2.05, 4.69) is 0 Å². The van der Waals surface area contributed by atoms with Crippen LogP contribution >= 0.6 is 0 Å². The molecule has 0 saturated carbocycles. The topological polar surface area (TPSA) is 196 Å². The molecule has 0 aliphatic heterocycles. The van der Waals surface area contributed by atoms with Gasteiger partial charge in [-0.1, -0.05) is 6.92 Å². The molecule has 0 spiro atoms. The zero-order valence-corrected chi connectivity index (χ0v) is 16.8. The third-order valence-corrected chi connectivity index (χ3v) is 4.29. The Bertz CT molecular complexity index is 597. The van der Waals surface area contributed by atoms with E-state index in [1.807, 2.05) is 0 Å². The van der Waals surface area contributed by atoms with E-state index in [1.54, 1.807) is 11.8 Å². The van der Waals surface area contributed by atoms with E-state index in [4.69, 9.17) is 20.4 Å². The molecule has 1 atom stereocenters. The van der Waals surface area contributed by atoms with E-state index in [1.165, 1.54) is 4.90 Å². The molecule has 0 aromatic rings. The van der Waals surface area contributed by atoms with Crippen LogP contribution in [-0.4, -0.2) is 128 Å². The molecule has 0 aromatic heterocycles. The van der Waals surface area contributed by atoms with Crippen LogP contribution in [0.3, 0.4) is 0 Å². The third kappa shape index (κ3) is 12.6. The molecular weight excluding hydrogens is 406 g/mol.